The van der Waals surface area contributed by atoms with Gasteiger partial charge in [-0.1, -0.05) is 0 Å². The molecule has 1 fully saturated rings. The summed E-state index contributed by atoms with van der Waals surface area (Å²) in [5, 5.41) is 17.2. The van der Waals surface area contributed by atoms with Gasteiger partial charge in [0.2, 0.25) is 5.95 Å². The summed E-state index contributed by atoms with van der Waals surface area (Å²) in [7, 11) is 0. The summed E-state index contributed by atoms with van der Waals surface area (Å²) in [6.07, 6.45) is 1.01. The van der Waals surface area contributed by atoms with Crippen molar-refractivity contribution < 1.29 is 18.3 Å². The number of nitrogens with zero attached hydrogens (tertiary/aromatic N) is 4. The van der Waals surface area contributed by atoms with Crippen molar-refractivity contribution in [2.75, 3.05) is 5.32 Å². The van der Waals surface area contributed by atoms with Gasteiger partial charge in [-0.15, -0.1) is 5.10 Å². The number of aliphatic hydroxyl groups is 1. The second-order valence-electron chi connectivity index (χ2n) is 8.42. The van der Waals surface area contributed by atoms with Gasteiger partial charge < -0.3 is 10.4 Å². The number of aromatic nitrogens is 4. The highest BCUT2D eigenvalue weighted by molar-refractivity contribution is 5.81. The Labute approximate surface area is 178 Å². The van der Waals surface area contributed by atoms with Crippen LogP contribution < -0.4 is 5.32 Å². The molecule has 0 amide bonds. The summed E-state index contributed by atoms with van der Waals surface area (Å²) in [5.41, 5.74) is 4.61. The highest BCUT2D eigenvalue weighted by Crippen LogP contribution is 2.37. The lowest BCUT2D eigenvalue weighted by Gasteiger charge is -2.25. The minimum Gasteiger partial charge on any atom is -0.393 e. The predicted molar refractivity (Wildman–Crippen MR) is 112 cm³/mol. The SMILES string of the molecule is Cc1cc(-c2cc(C3CCC(O)CC3)n3nc(N[C@@H](C)CC(F)(F)F)ncc23)ccn1. The van der Waals surface area contributed by atoms with E-state index >= 15 is 0 Å². The third-order valence-corrected chi connectivity index (χ3v) is 5.78. The number of fused-ring (bicyclic) bond motifs is 1. The molecule has 4 rings (SSSR count). The largest absolute Gasteiger partial charge is 0.393 e. The zero-order valence-corrected chi connectivity index (χ0v) is 17.5. The number of pyridine rings is 1. The van der Waals surface area contributed by atoms with E-state index in [2.05, 4.69) is 26.4 Å². The zero-order chi connectivity index (χ0) is 22.2. The fraction of sp³-hybridized carbons (Fsp3) is 0.500. The van der Waals surface area contributed by atoms with Crippen molar-refractivity contribution in [3.05, 3.63) is 42.0 Å². The smallest absolute Gasteiger partial charge is 0.391 e. The molecule has 0 spiro atoms. The lowest BCUT2D eigenvalue weighted by Crippen LogP contribution is -2.25. The van der Waals surface area contributed by atoms with Crippen LogP contribution in [0, 0.1) is 6.92 Å². The van der Waals surface area contributed by atoms with E-state index in [4.69, 9.17) is 0 Å². The molecule has 1 atom stereocenters. The molecule has 1 saturated carbocycles. The first-order valence-corrected chi connectivity index (χ1v) is 10.5. The Balaban J connectivity index is 1.74. The van der Waals surface area contributed by atoms with Crippen molar-refractivity contribution in [2.45, 2.75) is 70.2 Å². The molecule has 0 saturated heterocycles. The van der Waals surface area contributed by atoms with E-state index in [-0.39, 0.29) is 18.0 Å². The number of rotatable bonds is 5. The molecule has 3 aromatic rings. The molecule has 166 valence electrons. The average molecular weight is 433 g/mol. The number of alkyl halides is 3. The summed E-state index contributed by atoms with van der Waals surface area (Å²) >= 11 is 0. The highest BCUT2D eigenvalue weighted by atomic mass is 19.4. The quantitative estimate of drug-likeness (QED) is 0.600. The molecule has 0 bridgehead atoms. The van der Waals surface area contributed by atoms with Crippen LogP contribution in [0.2, 0.25) is 0 Å². The van der Waals surface area contributed by atoms with E-state index in [1.807, 2.05) is 19.1 Å². The maximum Gasteiger partial charge on any atom is 0.391 e. The molecule has 0 unspecified atom stereocenters. The second kappa shape index (κ2) is 8.45. The summed E-state index contributed by atoms with van der Waals surface area (Å²) in [4.78, 5) is 8.55. The second-order valence-corrected chi connectivity index (χ2v) is 8.42. The Hall–Kier alpha value is -2.68. The predicted octanol–water partition coefficient (Wildman–Crippen LogP) is 4.87. The first kappa shape index (κ1) is 21.5. The molecule has 31 heavy (non-hydrogen) atoms. The van der Waals surface area contributed by atoms with Crippen molar-refractivity contribution in [1.29, 1.82) is 0 Å². The van der Waals surface area contributed by atoms with Crippen molar-refractivity contribution in [3.63, 3.8) is 0 Å². The Kier molecular flexibility index (Phi) is 5.88. The van der Waals surface area contributed by atoms with E-state index in [0.717, 1.165) is 53.7 Å². The lowest BCUT2D eigenvalue weighted by atomic mass is 9.85. The van der Waals surface area contributed by atoms with Gasteiger partial charge in [0.15, 0.2) is 0 Å². The van der Waals surface area contributed by atoms with Gasteiger partial charge in [0.05, 0.1) is 24.2 Å². The first-order valence-electron chi connectivity index (χ1n) is 10.5. The third kappa shape index (κ3) is 4.98. The van der Waals surface area contributed by atoms with Gasteiger partial charge in [-0.25, -0.2) is 9.50 Å². The van der Waals surface area contributed by atoms with Crippen LogP contribution in [0.1, 0.15) is 56.3 Å². The van der Waals surface area contributed by atoms with Crippen LogP contribution in [0.15, 0.2) is 30.6 Å². The highest BCUT2D eigenvalue weighted by Gasteiger charge is 2.30. The molecular formula is C22H26F3N5O. The number of anilines is 1. The van der Waals surface area contributed by atoms with Gasteiger partial charge in [-0.2, -0.15) is 13.2 Å². The van der Waals surface area contributed by atoms with Crippen LogP contribution >= 0.6 is 0 Å². The average Bonchev–Trinajstić information content (AvgIpc) is 3.06. The number of hydrogen-bond acceptors (Lipinski definition) is 5. The van der Waals surface area contributed by atoms with E-state index in [0.29, 0.717) is 0 Å². The van der Waals surface area contributed by atoms with Crippen molar-refractivity contribution in [1.82, 2.24) is 19.6 Å². The van der Waals surface area contributed by atoms with E-state index in [9.17, 15) is 18.3 Å². The third-order valence-electron chi connectivity index (χ3n) is 5.78. The molecule has 0 radical (unpaired) electrons. The van der Waals surface area contributed by atoms with Gasteiger partial charge in [0, 0.05) is 35.1 Å². The van der Waals surface area contributed by atoms with Crippen LogP contribution in [0.3, 0.4) is 0 Å². The molecule has 0 aliphatic heterocycles. The van der Waals surface area contributed by atoms with Gasteiger partial charge in [0.1, 0.15) is 0 Å². The lowest BCUT2D eigenvalue weighted by molar-refractivity contribution is -0.136. The Morgan fingerprint density at radius 1 is 1.19 bits per heavy atom. The van der Waals surface area contributed by atoms with E-state index in [1.54, 1.807) is 16.9 Å². The van der Waals surface area contributed by atoms with E-state index in [1.165, 1.54) is 6.92 Å². The van der Waals surface area contributed by atoms with Crippen LogP contribution in [-0.4, -0.2) is 43.0 Å². The Morgan fingerprint density at radius 3 is 2.61 bits per heavy atom. The molecule has 2 N–H and O–H groups in total. The molecular weight excluding hydrogens is 407 g/mol. The minimum atomic E-state index is -4.26. The van der Waals surface area contributed by atoms with Gasteiger partial charge >= 0.3 is 6.18 Å². The zero-order valence-electron chi connectivity index (χ0n) is 17.5. The summed E-state index contributed by atoms with van der Waals surface area (Å²) in [5.74, 6) is 0.373. The molecule has 1 aliphatic carbocycles. The van der Waals surface area contributed by atoms with Crippen LogP contribution in [-0.2, 0) is 0 Å². The summed E-state index contributed by atoms with van der Waals surface area (Å²) in [6, 6.07) is 5.16. The van der Waals surface area contributed by atoms with Crippen molar-refractivity contribution >= 4 is 11.5 Å². The monoisotopic (exact) mass is 433 g/mol. The van der Waals surface area contributed by atoms with Gasteiger partial charge in [-0.3, -0.25) is 4.98 Å². The summed E-state index contributed by atoms with van der Waals surface area (Å²) < 4.78 is 39.9. The van der Waals surface area contributed by atoms with E-state index < -0.39 is 18.6 Å². The Bertz CT molecular complexity index is 1060. The standard InChI is InChI=1S/C22H26F3N5O/c1-13-9-16(7-8-26-13)18-10-19(15-3-5-17(31)6-4-15)30-20(18)12-27-21(29-30)28-14(2)11-22(23,24)25/h7-10,12,14-15,17,31H,3-6,11H2,1-2H3,(H,28,29)/t14-,15?,17?/m0/s1. The topological polar surface area (TPSA) is 75.3 Å². The van der Waals surface area contributed by atoms with Gasteiger partial charge in [-0.05, 0) is 63.3 Å². The fourth-order valence-electron chi connectivity index (χ4n) is 4.31. The maximum atomic E-state index is 12.7. The van der Waals surface area contributed by atoms with Crippen molar-refractivity contribution in [3.8, 4) is 11.1 Å². The van der Waals surface area contributed by atoms with Crippen LogP contribution in [0.5, 0.6) is 0 Å². The molecule has 1 aliphatic rings. The number of aliphatic hydroxyl groups excluding tert-OH is 1. The summed E-state index contributed by atoms with van der Waals surface area (Å²) in [6.45, 7) is 3.39. The number of nitrogens with one attached hydrogen (secondary N) is 1. The molecule has 3 aromatic heterocycles. The first-order chi connectivity index (χ1) is 14.7. The number of hydrogen-bond donors (Lipinski definition) is 2. The molecule has 0 aromatic carbocycles. The Morgan fingerprint density at radius 2 is 1.94 bits per heavy atom. The van der Waals surface area contributed by atoms with Crippen LogP contribution in [0.4, 0.5) is 19.1 Å². The molecule has 9 heteroatoms. The number of halogens is 3. The normalized spacial score (nSPS) is 20.7. The molecule has 6 nitrogen and oxygen atoms in total. The fourth-order valence-corrected chi connectivity index (χ4v) is 4.31. The molecule has 3 heterocycles. The van der Waals surface area contributed by atoms with Crippen molar-refractivity contribution in [2.24, 2.45) is 0 Å². The van der Waals surface area contributed by atoms with Crippen LogP contribution in [0.25, 0.3) is 16.6 Å². The minimum absolute atomic E-state index is 0.161. The number of aryl methyl sites for hydroxylation is 1. The maximum absolute atomic E-state index is 12.7. The van der Waals surface area contributed by atoms with Gasteiger partial charge in [0.25, 0.3) is 0 Å².